The molecule has 1 aliphatic rings. The molecule has 1 atom stereocenters. The first-order valence-electron chi connectivity index (χ1n) is 6.01. The van der Waals surface area contributed by atoms with Gasteiger partial charge in [0.15, 0.2) is 0 Å². The lowest BCUT2D eigenvalue weighted by molar-refractivity contribution is 0.274. The van der Waals surface area contributed by atoms with E-state index in [0.29, 0.717) is 6.04 Å². The lowest BCUT2D eigenvalue weighted by Gasteiger charge is -2.29. The zero-order valence-electron chi connectivity index (χ0n) is 9.60. The van der Waals surface area contributed by atoms with Crippen molar-refractivity contribution in [1.29, 1.82) is 0 Å². The van der Waals surface area contributed by atoms with Gasteiger partial charge >= 0.3 is 0 Å². The molecule has 0 aromatic heterocycles. The van der Waals surface area contributed by atoms with Crippen LogP contribution in [0.3, 0.4) is 0 Å². The third kappa shape index (κ3) is 3.72. The zero-order valence-corrected chi connectivity index (χ0v) is 9.60. The molecule has 14 heavy (non-hydrogen) atoms. The topological polar surface area (TPSA) is 12.0 Å². The summed E-state index contributed by atoms with van der Waals surface area (Å²) in [7, 11) is 0. The molecule has 1 nitrogen and oxygen atoms in total. The quantitative estimate of drug-likeness (QED) is 0.677. The highest BCUT2D eigenvalue weighted by molar-refractivity contribution is 4.99. The molecule has 0 radical (unpaired) electrons. The Hall–Kier alpha value is -0.480. The normalized spacial score (nSPS) is 19.9. The van der Waals surface area contributed by atoms with Gasteiger partial charge in [-0.1, -0.05) is 26.2 Å². The van der Waals surface area contributed by atoms with Crippen LogP contribution in [-0.4, -0.2) is 12.6 Å². The summed E-state index contributed by atoms with van der Waals surface area (Å²) in [4.78, 5) is 0. The lowest BCUT2D eigenvalue weighted by atomic mass is 9.83. The number of hydrogen-bond acceptors (Lipinski definition) is 1. The largest absolute Gasteiger partial charge is 0.313 e. The Labute approximate surface area is 88.7 Å². The Morgan fingerprint density at radius 3 is 2.57 bits per heavy atom. The highest BCUT2D eigenvalue weighted by Gasteiger charge is 2.21. The second kappa shape index (κ2) is 6.90. The van der Waals surface area contributed by atoms with E-state index in [9.17, 15) is 0 Å². The van der Waals surface area contributed by atoms with Gasteiger partial charge in [-0.2, -0.15) is 0 Å². The van der Waals surface area contributed by atoms with E-state index < -0.39 is 0 Å². The monoisotopic (exact) mass is 193 g/mol. The summed E-state index contributed by atoms with van der Waals surface area (Å²) in [6.07, 6.45) is 8.13. The summed E-state index contributed by atoms with van der Waals surface area (Å²) in [6.45, 7) is 5.20. The van der Waals surface area contributed by atoms with Gasteiger partial charge in [-0.05, 0) is 32.2 Å². The summed E-state index contributed by atoms with van der Waals surface area (Å²) < 4.78 is 0. The van der Waals surface area contributed by atoms with Gasteiger partial charge in [-0.15, -0.1) is 11.8 Å². The van der Waals surface area contributed by atoms with E-state index in [0.717, 1.165) is 18.9 Å². The van der Waals surface area contributed by atoms with Crippen molar-refractivity contribution in [1.82, 2.24) is 5.32 Å². The molecule has 1 aliphatic carbocycles. The molecule has 1 fully saturated rings. The van der Waals surface area contributed by atoms with Gasteiger partial charge in [-0.3, -0.25) is 0 Å². The average molecular weight is 193 g/mol. The van der Waals surface area contributed by atoms with Crippen molar-refractivity contribution in [2.75, 3.05) is 6.54 Å². The smallest absolute Gasteiger partial charge is 0.0245 e. The van der Waals surface area contributed by atoms with Crippen LogP contribution in [0.1, 0.15) is 52.4 Å². The van der Waals surface area contributed by atoms with Crippen molar-refractivity contribution in [3.63, 3.8) is 0 Å². The molecule has 1 N–H and O–H groups in total. The van der Waals surface area contributed by atoms with Crippen molar-refractivity contribution in [2.45, 2.75) is 58.4 Å². The maximum atomic E-state index is 3.58. The van der Waals surface area contributed by atoms with Crippen LogP contribution in [0, 0.1) is 17.8 Å². The van der Waals surface area contributed by atoms with E-state index >= 15 is 0 Å². The van der Waals surface area contributed by atoms with Crippen LogP contribution >= 0.6 is 0 Å². The first-order chi connectivity index (χ1) is 6.88. The van der Waals surface area contributed by atoms with Crippen molar-refractivity contribution < 1.29 is 0 Å². The highest BCUT2D eigenvalue weighted by atomic mass is 14.9. The van der Waals surface area contributed by atoms with Crippen LogP contribution in [0.15, 0.2) is 0 Å². The highest BCUT2D eigenvalue weighted by Crippen LogP contribution is 2.27. The van der Waals surface area contributed by atoms with E-state index in [1.54, 1.807) is 0 Å². The molecular weight excluding hydrogens is 170 g/mol. The standard InChI is InChI=1S/C13H23N/c1-3-5-11-13(14-4-2)12-9-7-6-8-10-12/h12-14H,4,6-11H2,1-2H3. The summed E-state index contributed by atoms with van der Waals surface area (Å²) >= 11 is 0. The number of rotatable bonds is 4. The molecular formula is C13H23N. The van der Waals surface area contributed by atoms with Crippen molar-refractivity contribution >= 4 is 0 Å². The molecule has 0 bridgehead atoms. The molecule has 0 aromatic rings. The summed E-state index contributed by atoms with van der Waals surface area (Å²) in [5.74, 6) is 7.10. The SMILES string of the molecule is CC#CCC(NCC)C1CCCCC1. The van der Waals surface area contributed by atoms with Gasteiger partial charge < -0.3 is 5.32 Å². The van der Waals surface area contributed by atoms with Gasteiger partial charge in [0, 0.05) is 12.5 Å². The van der Waals surface area contributed by atoms with E-state index in [4.69, 9.17) is 0 Å². The predicted molar refractivity (Wildman–Crippen MR) is 62.1 cm³/mol. The summed E-state index contributed by atoms with van der Waals surface area (Å²) in [6, 6.07) is 0.646. The number of hydrogen-bond donors (Lipinski definition) is 1. The van der Waals surface area contributed by atoms with Gasteiger partial charge in [-0.25, -0.2) is 0 Å². The molecule has 0 saturated heterocycles. The maximum absolute atomic E-state index is 3.58. The average Bonchev–Trinajstić information content (AvgIpc) is 2.25. The van der Waals surface area contributed by atoms with Crippen molar-refractivity contribution in [3.05, 3.63) is 0 Å². The Morgan fingerprint density at radius 2 is 2.00 bits per heavy atom. The molecule has 0 amide bonds. The first kappa shape index (κ1) is 11.6. The summed E-state index contributed by atoms with van der Waals surface area (Å²) in [5.41, 5.74) is 0. The lowest BCUT2D eigenvalue weighted by Crippen LogP contribution is -2.36. The molecule has 0 aromatic carbocycles. The van der Waals surface area contributed by atoms with Crippen LogP contribution in [0.2, 0.25) is 0 Å². The van der Waals surface area contributed by atoms with E-state index in [1.165, 1.54) is 32.1 Å². The van der Waals surface area contributed by atoms with E-state index in [-0.39, 0.29) is 0 Å². The van der Waals surface area contributed by atoms with Crippen molar-refractivity contribution in [3.8, 4) is 11.8 Å². The first-order valence-corrected chi connectivity index (χ1v) is 6.01. The Morgan fingerprint density at radius 1 is 1.29 bits per heavy atom. The third-order valence-corrected chi connectivity index (χ3v) is 3.18. The summed E-state index contributed by atoms with van der Waals surface area (Å²) in [5, 5.41) is 3.58. The Balaban J connectivity index is 2.40. The molecule has 0 spiro atoms. The molecule has 0 heterocycles. The minimum absolute atomic E-state index is 0.646. The van der Waals surface area contributed by atoms with E-state index in [2.05, 4.69) is 24.1 Å². The molecule has 1 rings (SSSR count). The fourth-order valence-electron chi connectivity index (χ4n) is 2.42. The fourth-order valence-corrected chi connectivity index (χ4v) is 2.42. The second-order valence-corrected chi connectivity index (χ2v) is 4.19. The minimum atomic E-state index is 0.646. The third-order valence-electron chi connectivity index (χ3n) is 3.18. The van der Waals surface area contributed by atoms with E-state index in [1.807, 2.05) is 6.92 Å². The van der Waals surface area contributed by atoms with Gasteiger partial charge in [0.1, 0.15) is 0 Å². The number of nitrogens with one attached hydrogen (secondary N) is 1. The molecule has 1 unspecified atom stereocenters. The van der Waals surface area contributed by atoms with Gasteiger partial charge in [0.25, 0.3) is 0 Å². The molecule has 1 saturated carbocycles. The Bertz CT molecular complexity index is 193. The van der Waals surface area contributed by atoms with Crippen LogP contribution in [0.5, 0.6) is 0 Å². The molecule has 0 aliphatic heterocycles. The minimum Gasteiger partial charge on any atom is -0.313 e. The van der Waals surface area contributed by atoms with Crippen LogP contribution < -0.4 is 5.32 Å². The van der Waals surface area contributed by atoms with Gasteiger partial charge in [0.2, 0.25) is 0 Å². The van der Waals surface area contributed by atoms with Crippen LogP contribution in [0.25, 0.3) is 0 Å². The molecule has 80 valence electrons. The Kier molecular flexibility index (Phi) is 5.71. The van der Waals surface area contributed by atoms with Gasteiger partial charge in [0.05, 0.1) is 0 Å². The second-order valence-electron chi connectivity index (χ2n) is 4.19. The fraction of sp³-hybridized carbons (Fsp3) is 0.846. The maximum Gasteiger partial charge on any atom is 0.0245 e. The van der Waals surface area contributed by atoms with Crippen molar-refractivity contribution in [2.24, 2.45) is 5.92 Å². The molecule has 1 heteroatoms. The van der Waals surface area contributed by atoms with Crippen LogP contribution in [0.4, 0.5) is 0 Å². The zero-order chi connectivity index (χ0) is 10.2. The predicted octanol–water partition coefficient (Wildman–Crippen LogP) is 2.96. The van der Waals surface area contributed by atoms with Crippen LogP contribution in [-0.2, 0) is 0 Å².